The van der Waals surface area contributed by atoms with Gasteiger partial charge in [-0.05, 0) is 36.4 Å². The molecule has 0 saturated heterocycles. The normalized spacial score (nSPS) is 11.2. The molecular weight excluding hydrogens is 378 g/mol. The van der Waals surface area contributed by atoms with Gasteiger partial charge in [0.15, 0.2) is 0 Å². The second kappa shape index (κ2) is 8.31. The third kappa shape index (κ3) is 5.04. The fourth-order valence-corrected chi connectivity index (χ4v) is 3.41. The first-order chi connectivity index (χ1) is 12.2. The van der Waals surface area contributed by atoms with Gasteiger partial charge in [-0.2, -0.15) is 4.31 Å². The number of carbonyl (C=O) groups excluding carboxylic acids is 2. The zero-order chi connectivity index (χ0) is 19.3. The van der Waals surface area contributed by atoms with Crippen molar-refractivity contribution < 1.29 is 18.0 Å². The van der Waals surface area contributed by atoms with E-state index in [4.69, 9.17) is 11.6 Å². The van der Waals surface area contributed by atoms with Gasteiger partial charge in [0.25, 0.3) is 0 Å². The number of hydrogen-bond donors (Lipinski definition) is 2. The van der Waals surface area contributed by atoms with Crippen LogP contribution in [0.25, 0.3) is 0 Å². The lowest BCUT2D eigenvalue weighted by Gasteiger charge is -2.18. The van der Waals surface area contributed by atoms with Crippen molar-refractivity contribution in [1.82, 2.24) is 4.31 Å². The van der Waals surface area contributed by atoms with Crippen LogP contribution in [-0.4, -0.2) is 38.1 Å². The summed E-state index contributed by atoms with van der Waals surface area (Å²) in [5, 5.41) is 5.61. The Balaban J connectivity index is 2.10. The number of para-hydroxylation sites is 2. The van der Waals surface area contributed by atoms with Crippen LogP contribution in [0.2, 0.25) is 5.02 Å². The molecule has 0 aliphatic rings. The molecule has 0 radical (unpaired) electrons. The maximum Gasteiger partial charge on any atom is 0.243 e. The lowest BCUT2D eigenvalue weighted by Crippen LogP contribution is -2.35. The smallest absolute Gasteiger partial charge is 0.243 e. The summed E-state index contributed by atoms with van der Waals surface area (Å²) in [7, 11) is -2.52. The number of anilines is 2. The van der Waals surface area contributed by atoms with Gasteiger partial charge < -0.3 is 10.6 Å². The molecule has 2 aromatic rings. The molecule has 26 heavy (non-hydrogen) atoms. The van der Waals surface area contributed by atoms with Crippen molar-refractivity contribution in [3.8, 4) is 0 Å². The van der Waals surface area contributed by atoms with E-state index in [-0.39, 0.29) is 17.3 Å². The zero-order valence-corrected chi connectivity index (χ0v) is 15.8. The fraction of sp³-hybridized carbons (Fsp3) is 0.176. The number of sulfonamides is 1. The molecule has 0 saturated carbocycles. The van der Waals surface area contributed by atoms with E-state index in [1.165, 1.54) is 38.2 Å². The molecule has 138 valence electrons. The van der Waals surface area contributed by atoms with Gasteiger partial charge >= 0.3 is 0 Å². The second-order valence-electron chi connectivity index (χ2n) is 5.49. The summed E-state index contributed by atoms with van der Waals surface area (Å²) in [6, 6.07) is 12.3. The van der Waals surface area contributed by atoms with Crippen LogP contribution in [0.5, 0.6) is 0 Å². The Hall–Kier alpha value is -2.42. The third-order valence-corrected chi connectivity index (χ3v) is 5.47. The largest absolute Gasteiger partial charge is 0.325 e. The minimum absolute atomic E-state index is 0.0378. The Kier molecular flexibility index (Phi) is 6.36. The van der Waals surface area contributed by atoms with Crippen molar-refractivity contribution in [3.63, 3.8) is 0 Å². The fourth-order valence-electron chi connectivity index (χ4n) is 2.15. The maximum absolute atomic E-state index is 12.5. The minimum atomic E-state index is -3.83. The van der Waals surface area contributed by atoms with E-state index in [0.29, 0.717) is 16.4 Å². The summed E-state index contributed by atoms with van der Waals surface area (Å²) in [6.07, 6.45) is 0. The van der Waals surface area contributed by atoms with Crippen LogP contribution in [0, 0.1) is 0 Å². The van der Waals surface area contributed by atoms with Crippen molar-refractivity contribution in [1.29, 1.82) is 0 Å². The summed E-state index contributed by atoms with van der Waals surface area (Å²) in [4.78, 5) is 23.5. The van der Waals surface area contributed by atoms with Gasteiger partial charge in [-0.25, -0.2) is 8.42 Å². The van der Waals surface area contributed by atoms with Gasteiger partial charge in [0.2, 0.25) is 21.8 Å². The van der Waals surface area contributed by atoms with Crippen molar-refractivity contribution in [2.45, 2.75) is 11.8 Å². The standard InChI is InChI=1S/C17H18ClN3O4S/c1-12(22)19-15-5-3-4-6-16(15)20-17(23)11-21(2)26(24,25)14-9-7-13(18)8-10-14/h3-10H,11H2,1-2H3,(H,19,22)(H,20,23). The number of benzene rings is 2. The highest BCUT2D eigenvalue weighted by Gasteiger charge is 2.23. The molecule has 0 aliphatic heterocycles. The second-order valence-corrected chi connectivity index (χ2v) is 7.97. The van der Waals surface area contributed by atoms with Crippen molar-refractivity contribution >= 4 is 44.8 Å². The summed E-state index contributed by atoms with van der Waals surface area (Å²) in [5.74, 6) is -0.822. The first-order valence-electron chi connectivity index (χ1n) is 7.58. The highest BCUT2D eigenvalue weighted by atomic mass is 35.5. The molecule has 0 fully saturated rings. The first-order valence-corrected chi connectivity index (χ1v) is 9.40. The van der Waals surface area contributed by atoms with Crippen molar-refractivity contribution in [3.05, 3.63) is 53.6 Å². The van der Waals surface area contributed by atoms with E-state index < -0.39 is 15.9 Å². The van der Waals surface area contributed by atoms with Crippen LogP contribution in [0.1, 0.15) is 6.92 Å². The maximum atomic E-state index is 12.5. The lowest BCUT2D eigenvalue weighted by molar-refractivity contribution is -0.116. The molecule has 0 aliphatic carbocycles. The number of likely N-dealkylation sites (N-methyl/N-ethyl adjacent to an activating group) is 1. The molecule has 2 aromatic carbocycles. The molecule has 7 nitrogen and oxygen atoms in total. The van der Waals surface area contributed by atoms with E-state index in [1.807, 2.05) is 0 Å². The Bertz CT molecular complexity index is 914. The third-order valence-electron chi connectivity index (χ3n) is 3.40. The lowest BCUT2D eigenvalue weighted by atomic mass is 10.2. The average Bonchev–Trinajstić information content (AvgIpc) is 2.56. The van der Waals surface area contributed by atoms with Crippen LogP contribution in [-0.2, 0) is 19.6 Å². The molecule has 0 aromatic heterocycles. The Morgan fingerprint density at radius 3 is 2.08 bits per heavy atom. The van der Waals surface area contributed by atoms with Gasteiger partial charge in [0.05, 0.1) is 22.8 Å². The van der Waals surface area contributed by atoms with Crippen molar-refractivity contribution in [2.24, 2.45) is 0 Å². The van der Waals surface area contributed by atoms with Crippen LogP contribution >= 0.6 is 11.6 Å². The quantitative estimate of drug-likeness (QED) is 0.785. The summed E-state index contributed by atoms with van der Waals surface area (Å²) in [6.45, 7) is 0.963. The number of nitrogens with zero attached hydrogens (tertiary/aromatic N) is 1. The molecule has 0 atom stereocenters. The average molecular weight is 396 g/mol. The van der Waals surface area contributed by atoms with Gasteiger partial charge in [0, 0.05) is 19.0 Å². The van der Waals surface area contributed by atoms with E-state index in [0.717, 1.165) is 4.31 Å². The van der Waals surface area contributed by atoms with Gasteiger partial charge in [-0.3, -0.25) is 9.59 Å². The summed E-state index contributed by atoms with van der Waals surface area (Å²) in [5.41, 5.74) is 0.807. The summed E-state index contributed by atoms with van der Waals surface area (Å²) < 4.78 is 25.9. The predicted octanol–water partition coefficient (Wildman–Crippen LogP) is 2.56. The Labute approximate surface area is 157 Å². The topological polar surface area (TPSA) is 95.6 Å². The molecule has 9 heteroatoms. The van der Waals surface area contributed by atoms with Crippen LogP contribution in [0.4, 0.5) is 11.4 Å². The molecule has 0 bridgehead atoms. The molecule has 0 unspecified atom stereocenters. The van der Waals surface area contributed by atoms with Gasteiger partial charge in [0.1, 0.15) is 0 Å². The highest BCUT2D eigenvalue weighted by Crippen LogP contribution is 2.21. The number of amides is 2. The van der Waals surface area contributed by atoms with Crippen LogP contribution in [0.3, 0.4) is 0 Å². The molecule has 2 N–H and O–H groups in total. The molecule has 0 spiro atoms. The Morgan fingerprint density at radius 1 is 1.00 bits per heavy atom. The Morgan fingerprint density at radius 2 is 1.54 bits per heavy atom. The number of rotatable bonds is 6. The number of carbonyl (C=O) groups is 2. The summed E-state index contributed by atoms with van der Waals surface area (Å²) >= 11 is 5.76. The van der Waals surface area contributed by atoms with Crippen molar-refractivity contribution in [2.75, 3.05) is 24.2 Å². The monoisotopic (exact) mass is 395 g/mol. The van der Waals surface area contributed by atoms with E-state index in [9.17, 15) is 18.0 Å². The molecule has 2 amide bonds. The highest BCUT2D eigenvalue weighted by molar-refractivity contribution is 7.89. The molecule has 2 rings (SSSR count). The van der Waals surface area contributed by atoms with E-state index >= 15 is 0 Å². The molecule has 0 heterocycles. The van der Waals surface area contributed by atoms with Crippen LogP contribution < -0.4 is 10.6 Å². The zero-order valence-electron chi connectivity index (χ0n) is 14.2. The number of nitrogens with one attached hydrogen (secondary N) is 2. The van der Waals surface area contributed by atoms with E-state index in [2.05, 4.69) is 10.6 Å². The van der Waals surface area contributed by atoms with Crippen LogP contribution in [0.15, 0.2) is 53.4 Å². The van der Waals surface area contributed by atoms with Gasteiger partial charge in [-0.1, -0.05) is 23.7 Å². The SMILES string of the molecule is CC(=O)Nc1ccccc1NC(=O)CN(C)S(=O)(=O)c1ccc(Cl)cc1. The van der Waals surface area contributed by atoms with Gasteiger partial charge in [-0.15, -0.1) is 0 Å². The van der Waals surface area contributed by atoms with E-state index in [1.54, 1.807) is 24.3 Å². The first kappa shape index (κ1) is 19.9. The minimum Gasteiger partial charge on any atom is -0.325 e. The predicted molar refractivity (Wildman–Crippen MR) is 101 cm³/mol. The number of hydrogen-bond acceptors (Lipinski definition) is 4. The number of halogens is 1. The molecular formula is C17H18ClN3O4S.